The van der Waals surface area contributed by atoms with Crippen LogP contribution in [-0.2, 0) is 6.18 Å². The molecule has 0 saturated carbocycles. The van der Waals surface area contributed by atoms with E-state index >= 15 is 0 Å². The first-order valence-electron chi connectivity index (χ1n) is 7.23. The minimum atomic E-state index is -4.44. The van der Waals surface area contributed by atoms with Gasteiger partial charge in [0.05, 0.1) is 11.3 Å². The highest BCUT2D eigenvalue weighted by Gasteiger charge is 2.36. The summed E-state index contributed by atoms with van der Waals surface area (Å²) in [6.45, 7) is 1.59. The van der Waals surface area contributed by atoms with E-state index in [1.54, 1.807) is 23.1 Å². The van der Waals surface area contributed by atoms with E-state index in [0.29, 0.717) is 31.9 Å². The van der Waals surface area contributed by atoms with Gasteiger partial charge in [-0.3, -0.25) is 0 Å². The number of hydrogen-bond donors (Lipinski definition) is 0. The Labute approximate surface area is 131 Å². The smallest absolute Gasteiger partial charge is 0.366 e. The monoisotopic (exact) mass is 325 g/mol. The number of halogens is 4. The second kappa shape index (κ2) is 6.06. The van der Waals surface area contributed by atoms with Crippen molar-refractivity contribution in [1.82, 2.24) is 4.98 Å². The van der Waals surface area contributed by atoms with E-state index in [4.69, 9.17) is 0 Å². The van der Waals surface area contributed by atoms with Gasteiger partial charge < -0.3 is 9.80 Å². The number of nitrogens with zero attached hydrogens (tertiary/aromatic N) is 3. The van der Waals surface area contributed by atoms with Gasteiger partial charge in [-0.1, -0.05) is 12.1 Å². The van der Waals surface area contributed by atoms with Crippen LogP contribution in [0.1, 0.15) is 5.56 Å². The van der Waals surface area contributed by atoms with Gasteiger partial charge in [0.25, 0.3) is 0 Å². The Bertz CT molecular complexity index is 679. The lowest BCUT2D eigenvalue weighted by molar-refractivity contribution is -0.137. The molecule has 0 unspecified atom stereocenters. The Kier molecular flexibility index (Phi) is 4.11. The fraction of sp³-hybridized carbons (Fsp3) is 0.312. The number of aromatic nitrogens is 1. The maximum Gasteiger partial charge on any atom is 0.419 e. The van der Waals surface area contributed by atoms with Crippen LogP contribution < -0.4 is 9.80 Å². The normalized spacial score (nSPS) is 15.8. The highest BCUT2D eigenvalue weighted by molar-refractivity contribution is 5.53. The molecule has 0 spiro atoms. The van der Waals surface area contributed by atoms with Gasteiger partial charge in [0.2, 0.25) is 0 Å². The van der Waals surface area contributed by atoms with Crippen LogP contribution >= 0.6 is 0 Å². The zero-order valence-corrected chi connectivity index (χ0v) is 12.2. The van der Waals surface area contributed by atoms with Gasteiger partial charge in [0.15, 0.2) is 0 Å². The van der Waals surface area contributed by atoms with Crippen molar-refractivity contribution in [2.45, 2.75) is 6.18 Å². The number of alkyl halides is 3. The molecular weight excluding hydrogens is 310 g/mol. The Hall–Kier alpha value is -2.31. The van der Waals surface area contributed by atoms with Gasteiger partial charge in [0.1, 0.15) is 11.6 Å². The van der Waals surface area contributed by atoms with Crippen molar-refractivity contribution in [2.75, 3.05) is 36.0 Å². The Morgan fingerprint density at radius 2 is 1.52 bits per heavy atom. The largest absolute Gasteiger partial charge is 0.419 e. The molecular formula is C16H15F4N3. The Morgan fingerprint density at radius 3 is 2.17 bits per heavy atom. The lowest BCUT2D eigenvalue weighted by Gasteiger charge is -2.37. The molecule has 3 nitrogen and oxygen atoms in total. The Balaban J connectivity index is 1.77. The molecule has 7 heteroatoms. The number of benzene rings is 1. The maximum atomic E-state index is 13.8. The van der Waals surface area contributed by atoms with Gasteiger partial charge in [-0.15, -0.1) is 0 Å². The van der Waals surface area contributed by atoms with Crippen LogP contribution in [-0.4, -0.2) is 31.2 Å². The lowest BCUT2D eigenvalue weighted by Crippen LogP contribution is -2.47. The van der Waals surface area contributed by atoms with Crippen LogP contribution in [0.25, 0.3) is 0 Å². The standard InChI is InChI=1S/C16H15F4N3/c17-13-5-1-2-6-14(13)22-8-10-23(11-9-22)15-12(16(18,19)20)4-3-7-21-15/h1-7H,8-11H2. The number of para-hydroxylation sites is 1. The minimum Gasteiger partial charge on any atom is -0.366 e. The fourth-order valence-electron chi connectivity index (χ4n) is 2.74. The van der Waals surface area contributed by atoms with Crippen LogP contribution in [0.5, 0.6) is 0 Å². The van der Waals surface area contributed by atoms with Crippen LogP contribution in [0.3, 0.4) is 0 Å². The van der Waals surface area contributed by atoms with E-state index in [0.717, 1.165) is 6.07 Å². The topological polar surface area (TPSA) is 19.4 Å². The molecule has 1 aliphatic heterocycles. The highest BCUT2D eigenvalue weighted by Crippen LogP contribution is 2.35. The van der Waals surface area contributed by atoms with Crippen molar-refractivity contribution in [3.8, 4) is 0 Å². The minimum absolute atomic E-state index is 0.0619. The van der Waals surface area contributed by atoms with Crippen LogP contribution in [0.4, 0.5) is 29.1 Å². The van der Waals surface area contributed by atoms with E-state index in [2.05, 4.69) is 4.98 Å². The molecule has 0 atom stereocenters. The predicted molar refractivity (Wildman–Crippen MR) is 80.1 cm³/mol. The summed E-state index contributed by atoms with van der Waals surface area (Å²) in [7, 11) is 0. The van der Waals surface area contributed by atoms with E-state index in [-0.39, 0.29) is 11.6 Å². The SMILES string of the molecule is Fc1ccccc1N1CCN(c2ncccc2C(F)(F)F)CC1. The first kappa shape index (κ1) is 15.6. The highest BCUT2D eigenvalue weighted by atomic mass is 19.4. The third-order valence-electron chi connectivity index (χ3n) is 3.86. The van der Waals surface area contributed by atoms with E-state index < -0.39 is 11.7 Å². The molecule has 0 N–H and O–H groups in total. The molecule has 1 fully saturated rings. The number of rotatable bonds is 2. The molecule has 3 rings (SSSR count). The van der Waals surface area contributed by atoms with Gasteiger partial charge >= 0.3 is 6.18 Å². The van der Waals surface area contributed by atoms with Crippen LogP contribution in [0.15, 0.2) is 42.6 Å². The van der Waals surface area contributed by atoms with Crippen molar-refractivity contribution in [3.63, 3.8) is 0 Å². The second-order valence-electron chi connectivity index (χ2n) is 5.30. The van der Waals surface area contributed by atoms with Crippen LogP contribution in [0.2, 0.25) is 0 Å². The summed E-state index contributed by atoms with van der Waals surface area (Å²) in [5, 5.41) is 0. The van der Waals surface area contributed by atoms with Crippen molar-refractivity contribution in [2.24, 2.45) is 0 Å². The molecule has 1 aliphatic rings. The lowest BCUT2D eigenvalue weighted by atomic mass is 10.2. The summed E-state index contributed by atoms with van der Waals surface area (Å²) in [6.07, 6.45) is -3.08. The molecule has 122 valence electrons. The summed E-state index contributed by atoms with van der Waals surface area (Å²) in [5.41, 5.74) is -0.261. The summed E-state index contributed by atoms with van der Waals surface area (Å²) in [6, 6.07) is 8.71. The number of anilines is 2. The fourth-order valence-corrected chi connectivity index (χ4v) is 2.74. The van der Waals surface area contributed by atoms with Gasteiger partial charge in [-0.05, 0) is 24.3 Å². The molecule has 2 aromatic rings. The molecule has 0 bridgehead atoms. The summed E-state index contributed by atoms with van der Waals surface area (Å²) >= 11 is 0. The van der Waals surface area contributed by atoms with Crippen molar-refractivity contribution >= 4 is 11.5 Å². The first-order chi connectivity index (χ1) is 11.0. The van der Waals surface area contributed by atoms with Crippen LogP contribution in [0, 0.1) is 5.82 Å². The molecule has 1 aromatic carbocycles. The molecule has 0 radical (unpaired) electrons. The predicted octanol–water partition coefficient (Wildman–Crippen LogP) is 3.57. The number of pyridine rings is 1. The Morgan fingerprint density at radius 1 is 0.870 bits per heavy atom. The second-order valence-corrected chi connectivity index (χ2v) is 5.30. The van der Waals surface area contributed by atoms with Gasteiger partial charge in [-0.2, -0.15) is 13.2 Å². The summed E-state index contributed by atoms with van der Waals surface area (Å²) in [4.78, 5) is 7.33. The summed E-state index contributed by atoms with van der Waals surface area (Å²) < 4.78 is 53.0. The number of hydrogen-bond acceptors (Lipinski definition) is 3. The van der Waals surface area contributed by atoms with Gasteiger partial charge in [-0.25, -0.2) is 9.37 Å². The van der Waals surface area contributed by atoms with Crippen molar-refractivity contribution < 1.29 is 17.6 Å². The van der Waals surface area contributed by atoms with Gasteiger partial charge in [0, 0.05) is 32.4 Å². The zero-order chi connectivity index (χ0) is 16.4. The maximum absolute atomic E-state index is 13.8. The molecule has 2 heterocycles. The molecule has 1 aromatic heterocycles. The molecule has 0 amide bonds. The molecule has 23 heavy (non-hydrogen) atoms. The average molecular weight is 325 g/mol. The first-order valence-corrected chi connectivity index (χ1v) is 7.23. The number of piperazine rings is 1. The van der Waals surface area contributed by atoms with Crippen molar-refractivity contribution in [3.05, 3.63) is 54.0 Å². The quantitative estimate of drug-likeness (QED) is 0.787. The van der Waals surface area contributed by atoms with E-state index in [1.807, 2.05) is 4.90 Å². The third kappa shape index (κ3) is 3.23. The molecule has 1 saturated heterocycles. The van der Waals surface area contributed by atoms with E-state index in [9.17, 15) is 17.6 Å². The zero-order valence-electron chi connectivity index (χ0n) is 12.2. The average Bonchev–Trinajstić information content (AvgIpc) is 2.55. The summed E-state index contributed by atoms with van der Waals surface area (Å²) in [5.74, 6) is -0.386. The van der Waals surface area contributed by atoms with Crippen molar-refractivity contribution in [1.29, 1.82) is 0 Å². The molecule has 0 aliphatic carbocycles. The third-order valence-corrected chi connectivity index (χ3v) is 3.86. The van der Waals surface area contributed by atoms with E-state index in [1.165, 1.54) is 18.3 Å².